The van der Waals surface area contributed by atoms with Crippen LogP contribution in [0.2, 0.25) is 0 Å². The Morgan fingerprint density at radius 3 is 2.20 bits per heavy atom. The maximum absolute atomic E-state index is 12.1. The van der Waals surface area contributed by atoms with E-state index in [9.17, 15) is 4.79 Å². The Morgan fingerprint density at radius 2 is 1.50 bits per heavy atom. The Balaban J connectivity index is 0.000000667. The van der Waals surface area contributed by atoms with Gasteiger partial charge < -0.3 is 4.79 Å². The zero-order valence-electron chi connectivity index (χ0n) is 12.4. The van der Waals surface area contributed by atoms with Gasteiger partial charge in [0.1, 0.15) is 5.43 Å². The maximum atomic E-state index is 12.1. The molecule has 0 aliphatic rings. The second kappa shape index (κ2) is 10.2. The van der Waals surface area contributed by atoms with Crippen molar-refractivity contribution in [2.45, 2.75) is 27.7 Å². The predicted molar refractivity (Wildman–Crippen MR) is 87.1 cm³/mol. The minimum Gasteiger partial charge on any atom is -0.346 e. The van der Waals surface area contributed by atoms with E-state index in [-0.39, 0.29) is 38.1 Å². The molecule has 0 aliphatic heterocycles. The molecule has 1 aromatic heterocycles. The van der Waals surface area contributed by atoms with Crippen molar-refractivity contribution in [2.24, 2.45) is 0 Å². The van der Waals surface area contributed by atoms with Crippen LogP contribution in [-0.2, 0) is 32.7 Å². The summed E-state index contributed by atoms with van der Waals surface area (Å²) in [6.07, 6.45) is 0. The van der Waals surface area contributed by atoms with Gasteiger partial charge in [0.15, 0.2) is 0 Å². The van der Waals surface area contributed by atoms with Crippen LogP contribution >= 0.6 is 11.3 Å². The molecule has 0 saturated carbocycles. The van der Waals surface area contributed by atoms with E-state index in [0.717, 1.165) is 14.8 Å². The molecule has 1 nitrogen and oxygen atoms in total. The number of fused-ring (bicyclic) bond motifs is 2. The fourth-order valence-corrected chi connectivity index (χ4v) is 2.73. The Hall–Kier alpha value is -0.566. The monoisotopic (exact) mass is 360 g/mol. The SMILES string of the molecule is CC.CC.O=c1c2[c-]cccc2sc2ccccc12.[Y]. The normalized spacial score (nSPS) is 8.80. The summed E-state index contributed by atoms with van der Waals surface area (Å²) in [5.41, 5.74) is 0.0833. The predicted octanol–water partition coefficient (Wildman–Crippen LogP) is 5.26. The molecule has 0 N–H and O–H groups in total. The summed E-state index contributed by atoms with van der Waals surface area (Å²) < 4.78 is 2.04. The smallest absolute Gasteiger partial charge is 0.110 e. The first kappa shape index (κ1) is 19.4. The fraction of sp³-hybridized carbons (Fsp3) is 0.235. The third-order valence-corrected chi connectivity index (χ3v) is 3.53. The number of hydrogen-bond acceptors (Lipinski definition) is 2. The van der Waals surface area contributed by atoms with Crippen LogP contribution in [0.1, 0.15) is 27.7 Å². The molecule has 103 valence electrons. The average molecular weight is 360 g/mol. The molecule has 0 unspecified atom stereocenters. The van der Waals surface area contributed by atoms with Crippen LogP contribution < -0.4 is 5.43 Å². The van der Waals surface area contributed by atoms with Gasteiger partial charge in [-0.3, -0.25) is 0 Å². The minimum atomic E-state index is 0. The van der Waals surface area contributed by atoms with E-state index < -0.39 is 0 Å². The summed E-state index contributed by atoms with van der Waals surface area (Å²) in [5.74, 6) is 0. The summed E-state index contributed by atoms with van der Waals surface area (Å²) in [4.78, 5) is 12.1. The summed E-state index contributed by atoms with van der Waals surface area (Å²) in [5, 5.41) is 1.48. The zero-order chi connectivity index (χ0) is 14.3. The van der Waals surface area contributed by atoms with Gasteiger partial charge in [-0.1, -0.05) is 56.0 Å². The van der Waals surface area contributed by atoms with Gasteiger partial charge in [-0.15, -0.1) is 24.3 Å². The quantitative estimate of drug-likeness (QED) is 0.395. The van der Waals surface area contributed by atoms with Crippen LogP contribution in [0.15, 0.2) is 47.3 Å². The van der Waals surface area contributed by atoms with E-state index in [1.807, 2.05) is 64.1 Å². The second-order valence-electron chi connectivity index (χ2n) is 3.34. The van der Waals surface area contributed by atoms with Crippen LogP contribution in [0, 0.1) is 6.07 Å². The molecule has 0 spiro atoms. The zero-order valence-corrected chi connectivity index (χ0v) is 16.1. The van der Waals surface area contributed by atoms with Crippen molar-refractivity contribution in [3.05, 3.63) is 58.8 Å². The first-order valence-corrected chi connectivity index (χ1v) is 7.50. The Kier molecular flexibility index (Phi) is 9.91. The molecule has 0 bridgehead atoms. The van der Waals surface area contributed by atoms with Crippen molar-refractivity contribution in [3.8, 4) is 0 Å². The molecule has 3 rings (SSSR count). The molecule has 20 heavy (non-hydrogen) atoms. The van der Waals surface area contributed by atoms with Crippen LogP contribution in [0.25, 0.3) is 20.2 Å². The summed E-state index contributed by atoms with van der Waals surface area (Å²) >= 11 is 1.63. The molecule has 0 saturated heterocycles. The third kappa shape index (κ3) is 4.21. The first-order valence-electron chi connectivity index (χ1n) is 6.68. The largest absolute Gasteiger partial charge is 0.346 e. The van der Waals surface area contributed by atoms with E-state index in [1.54, 1.807) is 17.4 Å². The number of benzene rings is 2. The summed E-state index contributed by atoms with van der Waals surface area (Å²) in [6, 6.07) is 16.4. The van der Waals surface area contributed by atoms with Gasteiger partial charge in [0.2, 0.25) is 0 Å². The van der Waals surface area contributed by atoms with Gasteiger partial charge in [0, 0.05) is 37.4 Å². The molecule has 0 fully saturated rings. The molecule has 3 aromatic rings. The van der Waals surface area contributed by atoms with Crippen molar-refractivity contribution < 1.29 is 32.7 Å². The third-order valence-electron chi connectivity index (χ3n) is 2.40. The molecule has 3 heteroatoms. The van der Waals surface area contributed by atoms with Crippen molar-refractivity contribution in [2.75, 3.05) is 0 Å². The van der Waals surface area contributed by atoms with Crippen molar-refractivity contribution >= 4 is 31.5 Å². The molecular formula is C17H19OSY-. The van der Waals surface area contributed by atoms with Gasteiger partial charge in [-0.25, -0.2) is 0 Å². The van der Waals surface area contributed by atoms with Gasteiger partial charge in [-0.05, 0) is 11.5 Å². The van der Waals surface area contributed by atoms with Crippen LogP contribution in [0.3, 0.4) is 0 Å². The van der Waals surface area contributed by atoms with Crippen molar-refractivity contribution in [3.63, 3.8) is 0 Å². The van der Waals surface area contributed by atoms with Crippen LogP contribution in [-0.4, -0.2) is 0 Å². The standard InChI is InChI=1S/C13H7OS.2C2H6.Y/c14-13-9-5-1-3-7-11(9)15-12-8-4-2-6-10(12)13;2*1-2;/h1-5,7-8H;2*1-2H3;/q-1;;;. The van der Waals surface area contributed by atoms with Gasteiger partial charge in [-0.2, -0.15) is 11.3 Å². The van der Waals surface area contributed by atoms with E-state index in [0.29, 0.717) is 5.39 Å². The molecule has 0 amide bonds. The Labute approximate surface area is 149 Å². The van der Waals surface area contributed by atoms with Gasteiger partial charge >= 0.3 is 0 Å². The molecule has 0 aliphatic carbocycles. The van der Waals surface area contributed by atoms with Gasteiger partial charge in [0.25, 0.3) is 0 Å². The Morgan fingerprint density at radius 1 is 0.900 bits per heavy atom. The molecular weight excluding hydrogens is 341 g/mol. The van der Waals surface area contributed by atoms with E-state index >= 15 is 0 Å². The second-order valence-corrected chi connectivity index (χ2v) is 4.42. The van der Waals surface area contributed by atoms with Crippen molar-refractivity contribution in [1.29, 1.82) is 0 Å². The van der Waals surface area contributed by atoms with E-state index in [1.165, 1.54) is 0 Å². The number of hydrogen-bond donors (Lipinski definition) is 0. The molecule has 0 atom stereocenters. The Bertz CT molecular complexity index is 647. The maximum Gasteiger partial charge on any atom is 0.110 e. The average Bonchev–Trinajstić information content (AvgIpc) is 2.52. The molecule has 1 radical (unpaired) electrons. The first-order chi connectivity index (χ1) is 9.36. The van der Waals surface area contributed by atoms with Crippen LogP contribution in [0.4, 0.5) is 0 Å². The molecule has 1 heterocycles. The topological polar surface area (TPSA) is 17.1 Å². The van der Waals surface area contributed by atoms with E-state index in [2.05, 4.69) is 6.07 Å². The fourth-order valence-electron chi connectivity index (χ4n) is 1.68. The summed E-state index contributed by atoms with van der Waals surface area (Å²) in [6.45, 7) is 8.00. The number of rotatable bonds is 0. The van der Waals surface area contributed by atoms with E-state index in [4.69, 9.17) is 0 Å². The van der Waals surface area contributed by atoms with Crippen LogP contribution in [0.5, 0.6) is 0 Å². The van der Waals surface area contributed by atoms with Crippen molar-refractivity contribution in [1.82, 2.24) is 0 Å². The molecule has 2 aromatic carbocycles. The van der Waals surface area contributed by atoms with Gasteiger partial charge in [0.05, 0.1) is 0 Å². The minimum absolute atomic E-state index is 0. The summed E-state index contributed by atoms with van der Waals surface area (Å²) in [7, 11) is 0.